The molecule has 0 radical (unpaired) electrons. The molecule has 1 aliphatic rings. The Bertz CT molecular complexity index is 960. The summed E-state index contributed by atoms with van der Waals surface area (Å²) in [6, 6.07) is 8.48. The molecule has 4 rings (SSSR count). The number of alkyl halides is 2. The Hall–Kier alpha value is -2.30. The number of para-hydroxylation sites is 2. The van der Waals surface area contributed by atoms with Gasteiger partial charge in [0.25, 0.3) is 6.43 Å². The molecule has 1 aromatic carbocycles. The van der Waals surface area contributed by atoms with Crippen LogP contribution in [0.1, 0.15) is 12.2 Å². The highest BCUT2D eigenvalue weighted by Crippen LogP contribution is 2.29. The number of hydrogen-bond acceptors (Lipinski definition) is 6. The number of halogens is 2. The highest BCUT2D eigenvalue weighted by molar-refractivity contribution is 7.90. The van der Waals surface area contributed by atoms with E-state index in [0.29, 0.717) is 43.2 Å². The minimum absolute atomic E-state index is 0.0898. The highest BCUT2D eigenvalue weighted by atomic mass is 32.2. The zero-order chi connectivity index (χ0) is 19.0. The molecule has 3 heterocycles. The summed E-state index contributed by atoms with van der Waals surface area (Å²) in [7, 11) is 0. The van der Waals surface area contributed by atoms with Gasteiger partial charge in [-0.3, -0.25) is 4.57 Å². The van der Waals surface area contributed by atoms with Gasteiger partial charge in [-0.15, -0.1) is 0 Å². The van der Waals surface area contributed by atoms with Crippen molar-refractivity contribution in [3.05, 3.63) is 36.2 Å². The van der Waals surface area contributed by atoms with Crippen LogP contribution in [0.4, 0.5) is 14.6 Å². The van der Waals surface area contributed by atoms with Crippen molar-refractivity contribution in [3.63, 3.8) is 0 Å². The summed E-state index contributed by atoms with van der Waals surface area (Å²) in [5.41, 5.74) is 0.950. The third kappa shape index (κ3) is 3.47. The quantitative estimate of drug-likeness (QED) is 0.500. The molecule has 7 nitrogen and oxygen atoms in total. The molecule has 2 aromatic heterocycles. The number of hydrogen-bond donors (Lipinski definition) is 0. The molecule has 27 heavy (non-hydrogen) atoms. The van der Waals surface area contributed by atoms with Gasteiger partial charge in [0.15, 0.2) is 5.82 Å². The summed E-state index contributed by atoms with van der Waals surface area (Å²) in [5.74, 6) is 0.350. The fourth-order valence-electron chi connectivity index (χ4n) is 3.03. The van der Waals surface area contributed by atoms with Gasteiger partial charge < -0.3 is 14.2 Å². The molecule has 0 spiro atoms. The largest absolute Gasteiger partial charge is 0.609 e. The van der Waals surface area contributed by atoms with Crippen molar-refractivity contribution in [2.75, 3.05) is 37.5 Å². The van der Waals surface area contributed by atoms with Crippen LogP contribution in [0.25, 0.3) is 16.9 Å². The zero-order valence-corrected chi connectivity index (χ0v) is 15.3. The minimum atomic E-state index is -2.78. The van der Waals surface area contributed by atoms with Crippen LogP contribution in [0.15, 0.2) is 35.5 Å². The fourth-order valence-corrected chi connectivity index (χ4v) is 3.47. The standard InChI is InChI=1S/C17H17F2N5O2S/c1-27(25)17-21-13(23-6-8-26-9-7-23)10-14(22-17)24-12-5-3-2-4-11(12)20-16(24)15(18)19/h2-5,10,15H,6-9H2,1H3. The van der Waals surface area contributed by atoms with Gasteiger partial charge in [-0.25, -0.2) is 13.8 Å². The molecule has 1 atom stereocenters. The van der Waals surface area contributed by atoms with E-state index in [2.05, 4.69) is 15.0 Å². The van der Waals surface area contributed by atoms with Crippen molar-refractivity contribution < 1.29 is 18.1 Å². The lowest BCUT2D eigenvalue weighted by Gasteiger charge is -2.28. The van der Waals surface area contributed by atoms with Crippen LogP contribution in [0.3, 0.4) is 0 Å². The fraction of sp³-hybridized carbons (Fsp3) is 0.353. The van der Waals surface area contributed by atoms with E-state index < -0.39 is 23.4 Å². The van der Waals surface area contributed by atoms with Crippen molar-refractivity contribution in [1.82, 2.24) is 19.5 Å². The van der Waals surface area contributed by atoms with E-state index in [0.717, 1.165) is 0 Å². The van der Waals surface area contributed by atoms with Gasteiger partial charge in [0.2, 0.25) is 0 Å². The number of ether oxygens (including phenoxy) is 1. The Morgan fingerprint density at radius 2 is 1.81 bits per heavy atom. The predicted octanol–water partition coefficient (Wildman–Crippen LogP) is 2.33. The maximum Gasteiger partial charge on any atom is 0.346 e. The van der Waals surface area contributed by atoms with Crippen molar-refractivity contribution in [2.24, 2.45) is 0 Å². The van der Waals surface area contributed by atoms with Gasteiger partial charge in [-0.2, -0.15) is 9.97 Å². The van der Waals surface area contributed by atoms with Crippen molar-refractivity contribution >= 4 is 28.0 Å². The number of benzene rings is 1. The summed E-state index contributed by atoms with van der Waals surface area (Å²) in [4.78, 5) is 14.7. The second-order valence-electron chi connectivity index (χ2n) is 6.02. The molecule has 0 N–H and O–H groups in total. The van der Waals surface area contributed by atoms with E-state index in [-0.39, 0.29) is 11.0 Å². The molecule has 10 heteroatoms. The number of imidazole rings is 1. The Morgan fingerprint density at radius 3 is 2.52 bits per heavy atom. The molecule has 0 amide bonds. The maximum atomic E-state index is 13.7. The Kier molecular flexibility index (Phi) is 4.94. The molecular weight excluding hydrogens is 376 g/mol. The number of morpholine rings is 1. The van der Waals surface area contributed by atoms with E-state index in [4.69, 9.17) is 4.74 Å². The normalized spacial score (nSPS) is 16.3. The molecule has 0 aliphatic carbocycles. The molecule has 1 unspecified atom stereocenters. The number of anilines is 1. The summed E-state index contributed by atoms with van der Waals surface area (Å²) in [6.07, 6.45) is -1.32. The van der Waals surface area contributed by atoms with Crippen molar-refractivity contribution in [1.29, 1.82) is 0 Å². The minimum Gasteiger partial charge on any atom is -0.609 e. The molecule has 0 bridgehead atoms. The predicted molar refractivity (Wildman–Crippen MR) is 97.0 cm³/mol. The number of fused-ring (bicyclic) bond motifs is 1. The van der Waals surface area contributed by atoms with Gasteiger partial charge >= 0.3 is 5.16 Å². The second kappa shape index (κ2) is 7.37. The van der Waals surface area contributed by atoms with Crippen molar-refractivity contribution in [2.45, 2.75) is 11.6 Å². The van der Waals surface area contributed by atoms with Crippen LogP contribution in [0.5, 0.6) is 0 Å². The molecule has 0 saturated carbocycles. The summed E-state index contributed by atoms with van der Waals surface area (Å²) in [6.45, 7) is 2.30. The first-order valence-corrected chi connectivity index (χ1v) is 9.91. The van der Waals surface area contributed by atoms with E-state index in [1.54, 1.807) is 30.3 Å². The topological polar surface area (TPSA) is 79.1 Å². The lowest BCUT2D eigenvalue weighted by molar-refractivity contribution is 0.122. The molecule has 1 aliphatic heterocycles. The first-order chi connectivity index (χ1) is 13.0. The number of rotatable bonds is 4. The average molecular weight is 393 g/mol. The lowest BCUT2D eigenvalue weighted by Crippen LogP contribution is -2.37. The van der Waals surface area contributed by atoms with Crippen LogP contribution < -0.4 is 4.90 Å². The molecule has 1 fully saturated rings. The van der Waals surface area contributed by atoms with Gasteiger partial charge in [0.05, 0.1) is 24.2 Å². The van der Waals surface area contributed by atoms with Crippen LogP contribution in [-0.4, -0.2) is 56.6 Å². The van der Waals surface area contributed by atoms with Gasteiger partial charge in [-0.05, 0) is 12.1 Å². The lowest BCUT2D eigenvalue weighted by atomic mass is 10.3. The Labute approximate surface area is 157 Å². The van der Waals surface area contributed by atoms with Gasteiger partial charge in [-0.1, -0.05) is 12.1 Å². The van der Waals surface area contributed by atoms with Crippen LogP contribution >= 0.6 is 0 Å². The van der Waals surface area contributed by atoms with E-state index >= 15 is 0 Å². The highest BCUT2D eigenvalue weighted by Gasteiger charge is 2.24. The van der Waals surface area contributed by atoms with Gasteiger partial charge in [0, 0.05) is 30.3 Å². The molecule has 3 aromatic rings. The van der Waals surface area contributed by atoms with Crippen LogP contribution in [0, 0.1) is 0 Å². The average Bonchev–Trinajstić information content (AvgIpc) is 3.08. The van der Waals surface area contributed by atoms with Crippen molar-refractivity contribution in [3.8, 4) is 5.82 Å². The smallest absolute Gasteiger partial charge is 0.346 e. The third-order valence-electron chi connectivity index (χ3n) is 4.28. The number of nitrogens with zero attached hydrogens (tertiary/aromatic N) is 5. The first kappa shape index (κ1) is 18.1. The van der Waals surface area contributed by atoms with Crippen LogP contribution in [-0.2, 0) is 15.9 Å². The number of aromatic nitrogens is 4. The molecule has 1 saturated heterocycles. The zero-order valence-electron chi connectivity index (χ0n) is 14.5. The van der Waals surface area contributed by atoms with Gasteiger partial charge in [0.1, 0.15) is 17.9 Å². The van der Waals surface area contributed by atoms with Crippen LogP contribution in [0.2, 0.25) is 0 Å². The first-order valence-electron chi connectivity index (χ1n) is 8.35. The van der Waals surface area contributed by atoms with E-state index in [9.17, 15) is 13.3 Å². The maximum absolute atomic E-state index is 13.7. The summed E-state index contributed by atoms with van der Waals surface area (Å²) >= 11 is -1.47. The Balaban J connectivity index is 1.92. The monoisotopic (exact) mass is 393 g/mol. The third-order valence-corrected chi connectivity index (χ3v) is 4.98. The summed E-state index contributed by atoms with van der Waals surface area (Å²) < 4.78 is 46.0. The van der Waals surface area contributed by atoms with E-state index in [1.807, 2.05) is 4.90 Å². The summed E-state index contributed by atoms with van der Waals surface area (Å²) in [5, 5.41) is 0.0898. The van der Waals surface area contributed by atoms with E-state index in [1.165, 1.54) is 10.8 Å². The second-order valence-corrected chi connectivity index (χ2v) is 7.29. The Morgan fingerprint density at radius 1 is 1.11 bits per heavy atom. The SMILES string of the molecule is C[S+]([O-])c1nc(N2CCOCC2)cc(-n2c(C(F)F)nc3ccccc32)n1. The molecular formula is C17H17F2N5O2S. The molecule has 142 valence electrons.